The normalized spacial score (nSPS) is 18.8. The van der Waals surface area contributed by atoms with Crippen LogP contribution in [-0.2, 0) is 38.5 Å². The number of thioether (sulfide) groups is 2. The summed E-state index contributed by atoms with van der Waals surface area (Å²) in [6.07, 6.45) is 3.37. The number of carbonyl (C=O) groups is 4. The largest absolute Gasteiger partial charge is 0.494 e. The fourth-order valence-electron chi connectivity index (χ4n) is 6.53. The van der Waals surface area contributed by atoms with Gasteiger partial charge in [0.05, 0.1) is 24.6 Å². The highest BCUT2D eigenvalue weighted by atomic mass is 35.5. The van der Waals surface area contributed by atoms with Gasteiger partial charge >= 0.3 is 11.9 Å². The van der Waals surface area contributed by atoms with Gasteiger partial charge in [-0.2, -0.15) is 0 Å². The van der Waals surface area contributed by atoms with Crippen molar-refractivity contribution in [3.8, 4) is 11.5 Å². The van der Waals surface area contributed by atoms with Crippen molar-refractivity contribution in [2.75, 3.05) is 78.4 Å². The molecule has 4 aromatic rings. The van der Waals surface area contributed by atoms with Gasteiger partial charge in [-0.3, -0.25) is 9.59 Å². The molecule has 0 aromatic heterocycles. The molecule has 6 rings (SSSR count). The van der Waals surface area contributed by atoms with Gasteiger partial charge in [0.15, 0.2) is 0 Å². The van der Waals surface area contributed by atoms with E-state index in [9.17, 15) is 19.2 Å². The minimum Gasteiger partial charge on any atom is -0.494 e. The number of nitrogens with zero attached hydrogens (tertiary/aromatic N) is 4. The van der Waals surface area contributed by atoms with Gasteiger partial charge in [0.25, 0.3) is 21.7 Å². The van der Waals surface area contributed by atoms with Gasteiger partial charge < -0.3 is 38.5 Å². The number of hydrogen-bond donors (Lipinski definition) is 0. The van der Waals surface area contributed by atoms with Crippen LogP contribution in [0, 0.1) is 0 Å². The second-order valence-corrected chi connectivity index (χ2v) is 17.9. The maximum absolute atomic E-state index is 14.3. The van der Waals surface area contributed by atoms with Gasteiger partial charge in [-0.25, -0.2) is 9.59 Å². The quantitative estimate of drug-likeness (QED) is 0.0620. The second kappa shape index (κ2) is 19.3. The molecule has 2 atom stereocenters. The highest BCUT2D eigenvalue weighted by Crippen LogP contribution is 2.54. The Kier molecular flexibility index (Phi) is 14.5. The zero-order valence-corrected chi connectivity index (χ0v) is 37.3. The van der Waals surface area contributed by atoms with E-state index in [4.69, 9.17) is 42.1 Å². The van der Waals surface area contributed by atoms with Gasteiger partial charge in [-0.1, -0.05) is 46.7 Å². The smallest absolute Gasteiger partial charge is 0.333 e. The third kappa shape index (κ3) is 10.1. The minimum absolute atomic E-state index is 0.355. The van der Waals surface area contributed by atoms with E-state index in [1.165, 1.54) is 9.80 Å². The lowest BCUT2D eigenvalue weighted by Gasteiger charge is -2.40. The number of fused-ring (bicyclic) bond motifs is 2. The number of carbonyl (C=O) groups excluding carboxylic acids is 4. The van der Waals surface area contributed by atoms with Crippen LogP contribution in [0.2, 0.25) is 10.0 Å². The van der Waals surface area contributed by atoms with Gasteiger partial charge in [-0.05, 0) is 126 Å². The Morgan fingerprint density at radius 2 is 0.983 bits per heavy atom. The number of hydrogen-bond acceptors (Lipinski definition) is 12. The molecule has 2 aliphatic rings. The Bertz CT molecular complexity index is 2100. The monoisotopic (exact) mass is 892 g/mol. The van der Waals surface area contributed by atoms with Crippen molar-refractivity contribution < 1.29 is 38.1 Å². The van der Waals surface area contributed by atoms with Crippen LogP contribution in [0.15, 0.2) is 107 Å². The topological polar surface area (TPSA) is 118 Å². The standard InChI is InChI=1S/C44H46Cl2N4O8S2/c1-47(2)23-7-25-55-33-15-9-29(10-16-33)43(41(53)49(5)35-19-13-31(45)27-37(35)59-43)57-39(51)21-22-40(52)58-44(30-11-17-34(18-12-30)56-26-8-24-48(3)4)42(54)50(6)36-20-14-32(46)28-38(36)60-44/h9-22,27-28H,7-8,23-26H2,1-6H3/b22-21+. The third-order valence-corrected chi connectivity index (χ3v) is 12.7. The molecule has 0 spiro atoms. The van der Waals surface area contributed by atoms with E-state index in [1.54, 1.807) is 99.0 Å². The molecular weight excluding hydrogens is 848 g/mol. The third-order valence-electron chi connectivity index (χ3n) is 9.60. The number of halogens is 2. The van der Waals surface area contributed by atoms with Gasteiger partial charge in [0.2, 0.25) is 0 Å². The van der Waals surface area contributed by atoms with Crippen LogP contribution in [0.25, 0.3) is 0 Å². The molecule has 0 saturated carbocycles. The summed E-state index contributed by atoms with van der Waals surface area (Å²) in [6.45, 7) is 2.68. The molecule has 0 radical (unpaired) electrons. The lowest BCUT2D eigenvalue weighted by molar-refractivity contribution is -0.156. The van der Waals surface area contributed by atoms with Crippen molar-refractivity contribution in [2.24, 2.45) is 0 Å². The molecule has 0 aliphatic carbocycles. The van der Waals surface area contributed by atoms with Crippen molar-refractivity contribution >= 4 is 81.9 Å². The average Bonchev–Trinajstić information content (AvgIpc) is 3.21. The Balaban J connectivity index is 1.27. The maximum atomic E-state index is 14.3. The summed E-state index contributed by atoms with van der Waals surface area (Å²) in [5.74, 6) is -1.96. The number of likely N-dealkylation sites (N-methyl/N-ethyl adjacent to an activating group) is 2. The fraction of sp³-hybridized carbons (Fsp3) is 0.318. The fourth-order valence-corrected chi connectivity index (χ4v) is 9.82. The molecule has 2 heterocycles. The lowest BCUT2D eigenvalue weighted by Crippen LogP contribution is -2.49. The van der Waals surface area contributed by atoms with E-state index in [1.807, 2.05) is 28.2 Å². The predicted octanol–water partition coefficient (Wildman–Crippen LogP) is 7.84. The molecule has 60 heavy (non-hydrogen) atoms. The zero-order chi connectivity index (χ0) is 43.2. The van der Waals surface area contributed by atoms with Crippen molar-refractivity contribution in [3.63, 3.8) is 0 Å². The Labute approximate surface area is 368 Å². The molecule has 2 unspecified atom stereocenters. The summed E-state index contributed by atoms with van der Waals surface area (Å²) in [4.78, 5) is 60.4. The van der Waals surface area contributed by atoms with Crippen LogP contribution in [0.5, 0.6) is 11.5 Å². The number of benzene rings is 4. The van der Waals surface area contributed by atoms with Crippen molar-refractivity contribution in [2.45, 2.75) is 32.5 Å². The SMILES string of the molecule is CN(C)CCCOc1ccc(C2(OC(=O)/C=C/C(=O)OC3(c4ccc(OCCCN(C)C)cc4)Sc4cc(Cl)ccc4N(C)C3=O)Sc3cc(Cl)ccc3N(C)C2=O)cc1. The molecule has 4 aromatic carbocycles. The first-order valence-corrected chi connectivity index (χ1v) is 21.4. The van der Waals surface area contributed by atoms with E-state index in [-0.39, 0.29) is 0 Å². The molecule has 16 heteroatoms. The first-order chi connectivity index (χ1) is 28.6. The van der Waals surface area contributed by atoms with Crippen LogP contribution in [0.3, 0.4) is 0 Å². The summed E-state index contributed by atoms with van der Waals surface area (Å²) in [6, 6.07) is 23.6. The van der Waals surface area contributed by atoms with Gasteiger partial charge in [0, 0.05) is 70.3 Å². The number of rotatable bonds is 16. The summed E-state index contributed by atoms with van der Waals surface area (Å²) < 4.78 is 23.9. The highest BCUT2D eigenvalue weighted by Gasteiger charge is 2.53. The molecular formula is C44H46Cl2N4O8S2. The molecule has 0 bridgehead atoms. The number of amides is 2. The minimum atomic E-state index is -1.92. The van der Waals surface area contributed by atoms with Crippen molar-refractivity contribution in [3.05, 3.63) is 118 Å². The van der Waals surface area contributed by atoms with Crippen LogP contribution in [0.4, 0.5) is 11.4 Å². The molecule has 0 saturated heterocycles. The Morgan fingerprint density at radius 1 is 0.617 bits per heavy atom. The molecule has 2 aliphatic heterocycles. The summed E-state index contributed by atoms with van der Waals surface area (Å²) in [7, 11) is 11.1. The first-order valence-electron chi connectivity index (χ1n) is 19.1. The molecule has 2 amide bonds. The maximum Gasteiger partial charge on any atom is 0.333 e. The zero-order valence-electron chi connectivity index (χ0n) is 34.1. The lowest BCUT2D eigenvalue weighted by atomic mass is 10.1. The predicted molar refractivity (Wildman–Crippen MR) is 236 cm³/mol. The highest BCUT2D eigenvalue weighted by molar-refractivity contribution is 8.01. The number of ether oxygens (including phenoxy) is 4. The molecule has 0 fully saturated rings. The van der Waals surface area contributed by atoms with Crippen LogP contribution in [-0.4, -0.2) is 102 Å². The molecule has 12 nitrogen and oxygen atoms in total. The van der Waals surface area contributed by atoms with E-state index < -0.39 is 33.6 Å². The van der Waals surface area contributed by atoms with E-state index in [0.717, 1.165) is 61.6 Å². The Morgan fingerprint density at radius 3 is 1.33 bits per heavy atom. The molecule has 316 valence electrons. The van der Waals surface area contributed by atoms with E-state index >= 15 is 0 Å². The number of esters is 2. The van der Waals surface area contributed by atoms with Crippen LogP contribution >= 0.6 is 46.7 Å². The molecule has 0 N–H and O–H groups in total. The average molecular weight is 894 g/mol. The van der Waals surface area contributed by atoms with Crippen LogP contribution in [0.1, 0.15) is 24.0 Å². The Hall–Kier alpha value is -4.70. The summed E-state index contributed by atoms with van der Waals surface area (Å²) >= 11 is 14.8. The van der Waals surface area contributed by atoms with Crippen LogP contribution < -0.4 is 19.3 Å². The summed E-state index contributed by atoms with van der Waals surface area (Å²) in [5, 5.41) is 0.852. The van der Waals surface area contributed by atoms with Gasteiger partial charge in [0.1, 0.15) is 11.5 Å². The van der Waals surface area contributed by atoms with E-state index in [0.29, 0.717) is 67.1 Å². The van der Waals surface area contributed by atoms with Crippen molar-refractivity contribution in [1.82, 2.24) is 9.80 Å². The van der Waals surface area contributed by atoms with E-state index in [2.05, 4.69) is 9.80 Å². The summed E-state index contributed by atoms with van der Waals surface area (Å²) in [5.41, 5.74) is 1.87. The van der Waals surface area contributed by atoms with Gasteiger partial charge in [-0.15, -0.1) is 0 Å². The van der Waals surface area contributed by atoms with Crippen molar-refractivity contribution in [1.29, 1.82) is 0 Å². The number of anilines is 2. The second-order valence-electron chi connectivity index (χ2n) is 14.6. The first kappa shape index (κ1) is 44.8.